The Morgan fingerprint density at radius 1 is 1.10 bits per heavy atom. The van der Waals surface area contributed by atoms with Crippen molar-refractivity contribution in [3.63, 3.8) is 0 Å². The van der Waals surface area contributed by atoms with Gasteiger partial charge in [-0.3, -0.25) is 4.55 Å². The highest BCUT2D eigenvalue weighted by Crippen LogP contribution is 1.84. The molecular formula is C2H7NO5S2. The monoisotopic (exact) mass is 189 g/mol. The number of rotatable bonds is 3. The van der Waals surface area contributed by atoms with E-state index in [-0.39, 0.29) is 0 Å². The minimum atomic E-state index is -4.22. The molecule has 62 valence electrons. The molecule has 0 aromatic rings. The zero-order chi connectivity index (χ0) is 8.41. The molecule has 0 aromatic heterocycles. The van der Waals surface area contributed by atoms with Gasteiger partial charge >= 0.3 is 0 Å². The van der Waals surface area contributed by atoms with E-state index >= 15 is 0 Å². The van der Waals surface area contributed by atoms with Crippen LogP contribution >= 0.6 is 0 Å². The van der Waals surface area contributed by atoms with Crippen LogP contribution in [-0.4, -0.2) is 32.9 Å². The van der Waals surface area contributed by atoms with E-state index in [0.717, 1.165) is 0 Å². The summed E-state index contributed by atoms with van der Waals surface area (Å²) in [5.41, 5.74) is 0. The van der Waals surface area contributed by atoms with Crippen LogP contribution in [0, 0.1) is 0 Å². The van der Waals surface area contributed by atoms with Crippen LogP contribution in [0.25, 0.3) is 0 Å². The first kappa shape index (κ1) is 9.82. The van der Waals surface area contributed by atoms with Crippen molar-refractivity contribution in [2.24, 2.45) is 5.14 Å². The van der Waals surface area contributed by atoms with Crippen molar-refractivity contribution in [2.75, 3.05) is 11.5 Å². The fourth-order valence-corrected chi connectivity index (χ4v) is 1.99. The van der Waals surface area contributed by atoms with Gasteiger partial charge in [0.1, 0.15) is 0 Å². The zero-order valence-corrected chi connectivity index (χ0v) is 6.52. The molecule has 8 heteroatoms. The van der Waals surface area contributed by atoms with Crippen LogP contribution in [0.1, 0.15) is 0 Å². The van der Waals surface area contributed by atoms with Gasteiger partial charge in [-0.25, -0.2) is 13.6 Å². The van der Waals surface area contributed by atoms with Crippen LogP contribution in [-0.2, 0) is 20.1 Å². The van der Waals surface area contributed by atoms with E-state index in [2.05, 4.69) is 5.14 Å². The van der Waals surface area contributed by atoms with Crippen molar-refractivity contribution in [3.8, 4) is 0 Å². The molecule has 0 aliphatic carbocycles. The lowest BCUT2D eigenvalue weighted by atomic mass is 11.0. The maximum atomic E-state index is 10.1. The first-order valence-corrected chi connectivity index (χ1v) is 5.49. The molecule has 0 fully saturated rings. The predicted octanol–water partition coefficient (Wildman–Crippen LogP) is -1.84. The van der Waals surface area contributed by atoms with E-state index in [0.29, 0.717) is 0 Å². The summed E-state index contributed by atoms with van der Waals surface area (Å²) in [6.07, 6.45) is 0. The molecule has 6 nitrogen and oxygen atoms in total. The molecule has 0 saturated heterocycles. The Morgan fingerprint density at radius 2 is 1.50 bits per heavy atom. The molecule has 0 unspecified atom stereocenters. The summed E-state index contributed by atoms with van der Waals surface area (Å²) >= 11 is 0. The molecule has 0 atom stereocenters. The lowest BCUT2D eigenvalue weighted by molar-refractivity contribution is 0.484. The summed E-state index contributed by atoms with van der Waals surface area (Å²) in [7, 11) is -8.01. The third kappa shape index (κ3) is 7.82. The van der Waals surface area contributed by atoms with Gasteiger partial charge in [0, 0.05) is 0 Å². The SMILES string of the molecule is NS(=O)(=O)CCS(=O)(=O)O. The summed E-state index contributed by atoms with van der Waals surface area (Å²) < 4.78 is 48.0. The van der Waals surface area contributed by atoms with Crippen LogP contribution in [0.4, 0.5) is 0 Å². The van der Waals surface area contributed by atoms with Gasteiger partial charge in [0.15, 0.2) is 0 Å². The zero-order valence-electron chi connectivity index (χ0n) is 4.89. The van der Waals surface area contributed by atoms with Crippen molar-refractivity contribution in [3.05, 3.63) is 0 Å². The minimum absolute atomic E-state index is 0.758. The molecule has 0 saturated carbocycles. The molecule has 0 aromatic carbocycles. The Kier molecular flexibility index (Phi) is 2.77. The molecule has 0 aliphatic heterocycles. The molecular weight excluding hydrogens is 182 g/mol. The number of primary sulfonamides is 1. The molecule has 0 heterocycles. The smallest absolute Gasteiger partial charge is 0.265 e. The second kappa shape index (κ2) is 2.82. The second-order valence-corrected chi connectivity index (χ2v) is 4.96. The fraction of sp³-hybridized carbons (Fsp3) is 1.00. The minimum Gasteiger partial charge on any atom is -0.286 e. The van der Waals surface area contributed by atoms with E-state index in [4.69, 9.17) is 4.55 Å². The maximum absolute atomic E-state index is 10.1. The van der Waals surface area contributed by atoms with E-state index in [1.807, 2.05) is 0 Å². The van der Waals surface area contributed by atoms with Crippen LogP contribution in [0.15, 0.2) is 0 Å². The van der Waals surface area contributed by atoms with Crippen molar-refractivity contribution >= 4 is 20.1 Å². The second-order valence-electron chi connectivity index (χ2n) is 1.65. The first-order valence-electron chi connectivity index (χ1n) is 2.16. The van der Waals surface area contributed by atoms with E-state index in [1.165, 1.54) is 0 Å². The third-order valence-electron chi connectivity index (χ3n) is 0.626. The number of nitrogens with two attached hydrogens (primary N) is 1. The lowest BCUT2D eigenvalue weighted by Crippen LogP contribution is -2.22. The van der Waals surface area contributed by atoms with Crippen LogP contribution in [0.5, 0.6) is 0 Å². The average molecular weight is 189 g/mol. The van der Waals surface area contributed by atoms with Crippen LogP contribution in [0.3, 0.4) is 0 Å². The lowest BCUT2D eigenvalue weighted by Gasteiger charge is -1.93. The molecule has 3 N–H and O–H groups in total. The maximum Gasteiger partial charge on any atom is 0.265 e. The molecule has 0 radical (unpaired) electrons. The highest BCUT2D eigenvalue weighted by atomic mass is 32.2. The highest BCUT2D eigenvalue weighted by molar-refractivity contribution is 7.91. The van der Waals surface area contributed by atoms with E-state index < -0.39 is 31.6 Å². The number of sulfonamides is 1. The quantitative estimate of drug-likeness (QED) is 0.506. The molecule has 0 aliphatic rings. The van der Waals surface area contributed by atoms with Crippen molar-refractivity contribution < 1.29 is 21.4 Å². The summed E-state index contributed by atoms with van der Waals surface area (Å²) in [6.45, 7) is 0. The molecule has 0 spiro atoms. The topological polar surface area (TPSA) is 115 Å². The standard InChI is InChI=1S/C2H7NO5S2/c3-9(4,5)1-2-10(6,7)8/h1-2H2,(H2,3,4,5)(H,6,7,8). The molecule has 0 amide bonds. The van der Waals surface area contributed by atoms with Crippen LogP contribution < -0.4 is 5.14 Å². The summed E-state index contributed by atoms with van der Waals surface area (Å²) in [5, 5.41) is 4.44. The Hall–Kier alpha value is -0.180. The Morgan fingerprint density at radius 3 is 1.60 bits per heavy atom. The van der Waals surface area contributed by atoms with Gasteiger partial charge in [-0.15, -0.1) is 0 Å². The van der Waals surface area contributed by atoms with Gasteiger partial charge in [-0.2, -0.15) is 8.42 Å². The third-order valence-corrected chi connectivity index (χ3v) is 2.38. The van der Waals surface area contributed by atoms with Crippen molar-refractivity contribution in [1.29, 1.82) is 0 Å². The summed E-state index contributed by atoms with van der Waals surface area (Å²) in [6, 6.07) is 0. The van der Waals surface area contributed by atoms with Gasteiger partial charge in [-0.05, 0) is 0 Å². The molecule has 10 heavy (non-hydrogen) atoms. The van der Waals surface area contributed by atoms with E-state index in [1.54, 1.807) is 0 Å². The number of hydrogen-bond acceptors (Lipinski definition) is 4. The predicted molar refractivity (Wildman–Crippen MR) is 34.4 cm³/mol. The molecule has 0 rings (SSSR count). The van der Waals surface area contributed by atoms with E-state index in [9.17, 15) is 16.8 Å². The fourth-order valence-electron chi connectivity index (χ4n) is 0.221. The number of hydrogen-bond donors (Lipinski definition) is 2. The Balaban J connectivity index is 4.05. The van der Waals surface area contributed by atoms with Gasteiger partial charge in [0.25, 0.3) is 10.1 Å². The summed E-state index contributed by atoms with van der Waals surface area (Å²) in [5.74, 6) is -1.61. The largest absolute Gasteiger partial charge is 0.286 e. The Labute approximate surface area is 58.8 Å². The van der Waals surface area contributed by atoms with Crippen molar-refractivity contribution in [2.45, 2.75) is 0 Å². The van der Waals surface area contributed by atoms with Gasteiger partial charge in [0.05, 0.1) is 11.5 Å². The highest BCUT2D eigenvalue weighted by Gasteiger charge is 2.10. The average Bonchev–Trinajstić information content (AvgIpc) is 1.57. The Bertz CT molecular complexity index is 254. The normalized spacial score (nSPS) is 13.4. The molecule has 0 bridgehead atoms. The van der Waals surface area contributed by atoms with Crippen LogP contribution in [0.2, 0.25) is 0 Å². The summed E-state index contributed by atoms with van der Waals surface area (Å²) in [4.78, 5) is 0. The van der Waals surface area contributed by atoms with Crippen molar-refractivity contribution in [1.82, 2.24) is 0 Å². The van der Waals surface area contributed by atoms with Gasteiger partial charge < -0.3 is 0 Å². The van der Waals surface area contributed by atoms with Gasteiger partial charge in [-0.1, -0.05) is 0 Å². The van der Waals surface area contributed by atoms with Gasteiger partial charge in [0.2, 0.25) is 10.0 Å². The first-order chi connectivity index (χ1) is 4.21.